The molecule has 0 aromatic heterocycles. The highest BCUT2D eigenvalue weighted by molar-refractivity contribution is 5.96. The average Bonchev–Trinajstić information content (AvgIpc) is 2.17. The van der Waals surface area contributed by atoms with Gasteiger partial charge in [-0.05, 0) is 24.1 Å². The molecule has 1 aromatic rings. The van der Waals surface area contributed by atoms with Crippen molar-refractivity contribution in [2.24, 2.45) is 0 Å². The first kappa shape index (κ1) is 8.98. The number of ketones is 1. The van der Waals surface area contributed by atoms with Crippen LogP contribution in [0.5, 0.6) is 0 Å². The predicted octanol–water partition coefficient (Wildman–Crippen LogP) is 2.55. The summed E-state index contributed by atoms with van der Waals surface area (Å²) in [5, 5.41) is 0. The second-order valence-corrected chi connectivity index (χ2v) is 2.85. The third kappa shape index (κ3) is 1.94. The van der Waals surface area contributed by atoms with E-state index in [1.165, 1.54) is 5.56 Å². The third-order valence-corrected chi connectivity index (χ3v) is 2.03. The molecule has 1 heteroatoms. The maximum atomic E-state index is 9.41. The predicted molar refractivity (Wildman–Crippen MR) is 52.2 cm³/mol. The molecule has 0 fully saturated rings. The molecule has 0 saturated heterocycles. The largest absolute Gasteiger partial charge is 0.323 e. The first-order valence-corrected chi connectivity index (χ1v) is 4.42. The van der Waals surface area contributed by atoms with Crippen LogP contribution in [0.4, 0.5) is 0 Å². The van der Waals surface area contributed by atoms with E-state index in [4.69, 9.17) is 0 Å². The topological polar surface area (TPSA) is 21.4 Å². The molecule has 0 aliphatic carbocycles. The summed E-state index contributed by atoms with van der Waals surface area (Å²) in [5.74, 6) is 0.470. The molecule has 1 N–H and O–H groups in total. The lowest BCUT2D eigenvalue weighted by Crippen LogP contribution is -1.97. The Kier molecular flexibility index (Phi) is 3.03. The molecule has 0 heterocycles. The van der Waals surface area contributed by atoms with Crippen LogP contribution in [0.25, 0.3) is 0 Å². The van der Waals surface area contributed by atoms with Gasteiger partial charge in [0.2, 0.25) is 0 Å². The van der Waals surface area contributed by atoms with Gasteiger partial charge in [0, 0.05) is 0 Å². The van der Waals surface area contributed by atoms with Gasteiger partial charge in [0.25, 0.3) is 0 Å². The van der Waals surface area contributed by atoms with Crippen molar-refractivity contribution in [1.29, 1.82) is 0 Å². The fourth-order valence-corrected chi connectivity index (χ4v) is 1.14. The standard InChI is InChI=1S/C11H14O/c1-3-9-5-7-10(8-6-9)11(12)4-2/h5-8H,3-4H2,1-2H3/p+1. The van der Waals surface area contributed by atoms with E-state index >= 15 is 0 Å². The Morgan fingerprint density at radius 2 is 1.75 bits per heavy atom. The van der Waals surface area contributed by atoms with Crippen molar-refractivity contribution in [3.8, 4) is 0 Å². The Morgan fingerprint density at radius 3 is 2.17 bits per heavy atom. The molecule has 0 radical (unpaired) electrons. The van der Waals surface area contributed by atoms with E-state index in [1.54, 1.807) is 0 Å². The molecule has 0 amide bonds. The van der Waals surface area contributed by atoms with Crippen molar-refractivity contribution < 1.29 is 4.79 Å². The van der Waals surface area contributed by atoms with Gasteiger partial charge in [-0.1, -0.05) is 26.0 Å². The zero-order valence-corrected chi connectivity index (χ0v) is 7.67. The van der Waals surface area contributed by atoms with Gasteiger partial charge in [-0.2, -0.15) is 0 Å². The molecule has 0 aliphatic heterocycles. The minimum atomic E-state index is 0.470. The molecule has 0 saturated carbocycles. The van der Waals surface area contributed by atoms with E-state index in [9.17, 15) is 4.79 Å². The molecule has 1 nitrogen and oxygen atoms in total. The summed E-state index contributed by atoms with van der Waals surface area (Å²) in [6.45, 7) is 4.07. The van der Waals surface area contributed by atoms with E-state index in [0.29, 0.717) is 12.2 Å². The summed E-state index contributed by atoms with van der Waals surface area (Å²) in [6.07, 6.45) is 1.75. The molecule has 64 valence electrons. The highest BCUT2D eigenvalue weighted by atomic mass is 16.1. The summed E-state index contributed by atoms with van der Waals surface area (Å²) in [5.41, 5.74) is 2.25. The first-order valence-electron chi connectivity index (χ1n) is 4.42. The zero-order valence-electron chi connectivity index (χ0n) is 7.67. The highest BCUT2D eigenvalue weighted by Gasteiger charge is 2.07. The highest BCUT2D eigenvalue weighted by Crippen LogP contribution is 2.06. The Bertz CT molecular complexity index is 259. The second kappa shape index (κ2) is 4.05. The number of benzene rings is 1. The van der Waals surface area contributed by atoms with E-state index in [0.717, 1.165) is 12.0 Å². The summed E-state index contributed by atoms with van der Waals surface area (Å²) in [4.78, 5) is 9.41. The smallest absolute Gasteiger partial charge is 0.278 e. The summed E-state index contributed by atoms with van der Waals surface area (Å²) >= 11 is 0. The van der Waals surface area contributed by atoms with Crippen molar-refractivity contribution >= 4 is 5.78 Å². The molecule has 0 unspecified atom stereocenters. The number of rotatable bonds is 3. The molecular weight excluding hydrogens is 148 g/mol. The fraction of sp³-hybridized carbons (Fsp3) is 0.364. The number of hydrogen-bond acceptors (Lipinski definition) is 0. The van der Waals surface area contributed by atoms with Crippen LogP contribution in [0.15, 0.2) is 24.3 Å². The molecule has 12 heavy (non-hydrogen) atoms. The van der Waals surface area contributed by atoms with Crippen LogP contribution in [-0.4, -0.2) is 10.6 Å². The Hall–Kier alpha value is -1.11. The molecular formula is C11H15O+. The minimum absolute atomic E-state index is 0.470. The Labute approximate surface area is 73.4 Å². The summed E-state index contributed by atoms with van der Waals surface area (Å²) < 4.78 is 0. The lowest BCUT2D eigenvalue weighted by atomic mass is 10.1. The molecule has 0 atom stereocenters. The fourth-order valence-electron chi connectivity index (χ4n) is 1.14. The van der Waals surface area contributed by atoms with Crippen LogP contribution in [0.3, 0.4) is 0 Å². The normalized spacial score (nSPS) is 9.83. The van der Waals surface area contributed by atoms with E-state index in [2.05, 4.69) is 19.1 Å². The van der Waals surface area contributed by atoms with Crippen molar-refractivity contribution in [1.82, 2.24) is 0 Å². The van der Waals surface area contributed by atoms with E-state index in [1.807, 2.05) is 19.1 Å². The molecule has 0 bridgehead atoms. The van der Waals surface area contributed by atoms with Crippen LogP contribution in [0, 0.1) is 0 Å². The van der Waals surface area contributed by atoms with E-state index in [-0.39, 0.29) is 0 Å². The lowest BCUT2D eigenvalue weighted by Gasteiger charge is -1.95. The minimum Gasteiger partial charge on any atom is -0.278 e. The van der Waals surface area contributed by atoms with Gasteiger partial charge in [-0.3, -0.25) is 4.79 Å². The number of hydrogen-bond donors (Lipinski definition) is 0. The lowest BCUT2D eigenvalue weighted by molar-refractivity contribution is 0.664. The van der Waals surface area contributed by atoms with Crippen LogP contribution >= 0.6 is 0 Å². The first-order chi connectivity index (χ1) is 5.77. The van der Waals surface area contributed by atoms with Gasteiger partial charge >= 0.3 is 5.78 Å². The van der Waals surface area contributed by atoms with Crippen LogP contribution in [-0.2, 0) is 6.42 Å². The van der Waals surface area contributed by atoms with Gasteiger partial charge in [0.05, 0.1) is 12.0 Å². The molecule has 0 aliphatic rings. The van der Waals surface area contributed by atoms with Crippen LogP contribution in [0.2, 0.25) is 0 Å². The van der Waals surface area contributed by atoms with Crippen LogP contribution < -0.4 is 0 Å². The van der Waals surface area contributed by atoms with Crippen LogP contribution in [0.1, 0.15) is 31.4 Å². The van der Waals surface area contributed by atoms with Crippen molar-refractivity contribution in [3.63, 3.8) is 0 Å². The Morgan fingerprint density at radius 1 is 1.17 bits per heavy atom. The molecule has 0 spiro atoms. The van der Waals surface area contributed by atoms with Gasteiger partial charge in [0.15, 0.2) is 0 Å². The Balaban J connectivity index is 2.84. The van der Waals surface area contributed by atoms with Crippen molar-refractivity contribution in [3.05, 3.63) is 35.4 Å². The monoisotopic (exact) mass is 163 g/mol. The van der Waals surface area contributed by atoms with E-state index < -0.39 is 0 Å². The quantitative estimate of drug-likeness (QED) is 0.482. The van der Waals surface area contributed by atoms with Gasteiger partial charge < -0.3 is 0 Å². The maximum Gasteiger partial charge on any atom is 0.323 e. The zero-order chi connectivity index (χ0) is 8.97. The third-order valence-electron chi connectivity index (χ3n) is 2.03. The average molecular weight is 163 g/mol. The van der Waals surface area contributed by atoms with Crippen molar-refractivity contribution in [2.75, 3.05) is 0 Å². The van der Waals surface area contributed by atoms with Crippen molar-refractivity contribution in [2.45, 2.75) is 26.7 Å². The maximum absolute atomic E-state index is 9.41. The summed E-state index contributed by atoms with van der Waals surface area (Å²) in [6, 6.07) is 8.05. The van der Waals surface area contributed by atoms with Gasteiger partial charge in [-0.15, -0.1) is 0 Å². The summed E-state index contributed by atoms with van der Waals surface area (Å²) in [7, 11) is 0. The SMILES string of the molecule is CCC(=[OH+])c1ccc(CC)cc1. The van der Waals surface area contributed by atoms with Gasteiger partial charge in [-0.25, -0.2) is 0 Å². The second-order valence-electron chi connectivity index (χ2n) is 2.85. The number of aryl methyl sites for hydroxylation is 1. The molecule has 1 aromatic carbocycles. The number of carbonyl (C=O) groups excluding carboxylic acids is 1. The molecule has 1 rings (SSSR count). The van der Waals surface area contributed by atoms with Gasteiger partial charge in [0.1, 0.15) is 0 Å².